The van der Waals surface area contributed by atoms with Gasteiger partial charge in [0.25, 0.3) is 0 Å². The number of Topliss-reactive ketones (excluding diaryl/α,β-unsaturated/α-hetero) is 1. The highest BCUT2D eigenvalue weighted by atomic mass is 19.1. The van der Waals surface area contributed by atoms with Gasteiger partial charge in [0.2, 0.25) is 5.88 Å². The number of aromatic hydroxyl groups is 1. The molecule has 1 heterocycles. The number of carbonyl (C=O) groups excluding carboxylic acids is 1. The lowest BCUT2D eigenvalue weighted by molar-refractivity contribution is 0.101. The Morgan fingerprint density at radius 1 is 1.27 bits per heavy atom. The van der Waals surface area contributed by atoms with Gasteiger partial charge in [-0.2, -0.15) is 0 Å². The minimum absolute atomic E-state index is 0.00615. The van der Waals surface area contributed by atoms with Crippen LogP contribution in [0.25, 0.3) is 22.0 Å². The van der Waals surface area contributed by atoms with Gasteiger partial charge < -0.3 is 15.8 Å². The molecule has 0 unspecified atom stereocenters. The summed E-state index contributed by atoms with van der Waals surface area (Å²) in [5, 5.41) is 9.76. The maximum absolute atomic E-state index is 15.1. The average molecular weight is 356 g/mol. The van der Waals surface area contributed by atoms with E-state index >= 15 is 4.39 Å². The molecule has 1 aliphatic carbocycles. The van der Waals surface area contributed by atoms with Crippen LogP contribution in [0.1, 0.15) is 35.7 Å². The number of hydrogen-bond acceptors (Lipinski definition) is 3. The van der Waals surface area contributed by atoms with Gasteiger partial charge in [0.1, 0.15) is 11.6 Å². The second-order valence-corrected chi connectivity index (χ2v) is 6.94. The van der Waals surface area contributed by atoms with Gasteiger partial charge in [0.15, 0.2) is 5.78 Å². The summed E-state index contributed by atoms with van der Waals surface area (Å²) < 4.78 is 29.7. The average Bonchev–Trinajstić information content (AvgIpc) is 3.32. The van der Waals surface area contributed by atoms with Gasteiger partial charge >= 0.3 is 0 Å². The molecule has 0 bridgehead atoms. The summed E-state index contributed by atoms with van der Waals surface area (Å²) in [4.78, 5) is 14.2. The Hall–Kier alpha value is -2.73. The largest absolute Gasteiger partial charge is 0.494 e. The third kappa shape index (κ3) is 2.33. The molecule has 3 aromatic rings. The zero-order valence-electron chi connectivity index (χ0n) is 14.2. The Kier molecular flexibility index (Phi) is 3.63. The summed E-state index contributed by atoms with van der Waals surface area (Å²) in [5.41, 5.74) is 6.91. The number of hydrogen-bond donors (Lipinski definition) is 3. The maximum atomic E-state index is 15.1. The molecule has 0 atom stereocenters. The van der Waals surface area contributed by atoms with Crippen molar-refractivity contribution in [3.05, 3.63) is 53.1 Å². The number of H-pyrrole nitrogens is 1. The topological polar surface area (TPSA) is 79.1 Å². The molecule has 4 N–H and O–H groups in total. The molecule has 0 radical (unpaired) electrons. The van der Waals surface area contributed by atoms with Crippen LogP contribution in [0, 0.1) is 11.6 Å². The van der Waals surface area contributed by atoms with Crippen LogP contribution in [0.2, 0.25) is 0 Å². The van der Waals surface area contributed by atoms with Crippen LogP contribution in [-0.4, -0.2) is 22.4 Å². The minimum Gasteiger partial charge on any atom is -0.494 e. The number of nitrogens with two attached hydrogens (primary N) is 1. The molecule has 2 aromatic carbocycles. The molecule has 134 valence electrons. The number of ketones is 1. The van der Waals surface area contributed by atoms with Gasteiger partial charge in [0.05, 0.1) is 22.0 Å². The van der Waals surface area contributed by atoms with Gasteiger partial charge in [-0.25, -0.2) is 8.78 Å². The van der Waals surface area contributed by atoms with Crippen LogP contribution < -0.4 is 5.73 Å². The lowest BCUT2D eigenvalue weighted by atomic mass is 9.93. The van der Waals surface area contributed by atoms with Crippen molar-refractivity contribution in [1.29, 1.82) is 0 Å². The first-order valence-corrected chi connectivity index (χ1v) is 8.42. The molecule has 0 saturated heterocycles. The van der Waals surface area contributed by atoms with Crippen molar-refractivity contribution >= 4 is 16.7 Å². The first-order valence-electron chi connectivity index (χ1n) is 8.42. The number of aromatic nitrogens is 1. The Bertz CT molecular complexity index is 1030. The molecule has 0 aliphatic heterocycles. The van der Waals surface area contributed by atoms with Crippen molar-refractivity contribution < 1.29 is 18.7 Å². The van der Waals surface area contributed by atoms with Crippen molar-refractivity contribution in [2.75, 3.05) is 6.54 Å². The quantitative estimate of drug-likeness (QED) is 0.618. The number of halogens is 2. The van der Waals surface area contributed by atoms with Gasteiger partial charge in [-0.05, 0) is 37.0 Å². The second kappa shape index (κ2) is 5.64. The summed E-state index contributed by atoms with van der Waals surface area (Å²) in [6.45, 7) is 1.77. The van der Waals surface area contributed by atoms with Crippen LogP contribution in [0.3, 0.4) is 0 Å². The van der Waals surface area contributed by atoms with Crippen molar-refractivity contribution in [2.45, 2.75) is 25.2 Å². The van der Waals surface area contributed by atoms with E-state index < -0.39 is 23.3 Å². The van der Waals surface area contributed by atoms with Crippen molar-refractivity contribution in [2.24, 2.45) is 5.73 Å². The molecule has 1 aromatic heterocycles. The predicted molar refractivity (Wildman–Crippen MR) is 95.3 cm³/mol. The van der Waals surface area contributed by atoms with Crippen LogP contribution in [0.15, 0.2) is 30.3 Å². The van der Waals surface area contributed by atoms with E-state index in [1.807, 2.05) is 12.1 Å². The van der Waals surface area contributed by atoms with E-state index in [1.54, 1.807) is 12.1 Å². The van der Waals surface area contributed by atoms with Gasteiger partial charge in [-0.15, -0.1) is 0 Å². The summed E-state index contributed by atoms with van der Waals surface area (Å²) >= 11 is 0. The van der Waals surface area contributed by atoms with E-state index in [0.29, 0.717) is 12.1 Å². The zero-order chi connectivity index (χ0) is 18.6. The monoisotopic (exact) mass is 356 g/mol. The highest BCUT2D eigenvalue weighted by Gasteiger charge is 2.42. The molecule has 4 nitrogen and oxygen atoms in total. The van der Waals surface area contributed by atoms with Gasteiger partial charge in [-0.3, -0.25) is 4.79 Å². The summed E-state index contributed by atoms with van der Waals surface area (Å²) in [5.74, 6) is -2.59. The number of aromatic amines is 1. The number of fused-ring (bicyclic) bond motifs is 1. The number of nitrogens with one attached hydrogen (secondary N) is 1. The highest BCUT2D eigenvalue weighted by molar-refractivity contribution is 6.10. The van der Waals surface area contributed by atoms with E-state index in [2.05, 4.69) is 4.98 Å². The molecule has 4 rings (SSSR count). The van der Waals surface area contributed by atoms with E-state index in [-0.39, 0.29) is 27.4 Å². The van der Waals surface area contributed by atoms with Crippen LogP contribution in [0.4, 0.5) is 8.78 Å². The van der Waals surface area contributed by atoms with E-state index in [1.165, 1.54) is 6.92 Å². The first-order chi connectivity index (χ1) is 12.4. The van der Waals surface area contributed by atoms with Crippen LogP contribution >= 0.6 is 0 Å². The Labute approximate surface area is 148 Å². The standard InChI is InChI=1S/C20H18F2N2O2/c1-10(25)15-17-14(24-19(15)26)8-13(21)16(18(17)22)11-2-4-12(5-3-11)20(9-23)6-7-20/h2-5,8,24,26H,6-7,9,23H2,1H3. The van der Waals surface area contributed by atoms with E-state index in [4.69, 9.17) is 5.73 Å². The fraction of sp³-hybridized carbons (Fsp3) is 0.250. The predicted octanol–water partition coefficient (Wildman–Crippen LogP) is 4.01. The summed E-state index contributed by atoms with van der Waals surface area (Å²) in [6, 6.07) is 8.12. The molecule has 1 saturated carbocycles. The molecular formula is C20H18F2N2O2. The van der Waals surface area contributed by atoms with Crippen molar-refractivity contribution in [3.8, 4) is 17.0 Å². The number of carbonyl (C=O) groups is 1. The molecule has 1 fully saturated rings. The Morgan fingerprint density at radius 2 is 1.92 bits per heavy atom. The molecule has 1 aliphatic rings. The third-order valence-corrected chi connectivity index (χ3v) is 5.34. The smallest absolute Gasteiger partial charge is 0.200 e. The number of rotatable bonds is 4. The molecule has 26 heavy (non-hydrogen) atoms. The Morgan fingerprint density at radius 3 is 2.46 bits per heavy atom. The third-order valence-electron chi connectivity index (χ3n) is 5.34. The van der Waals surface area contributed by atoms with Crippen molar-refractivity contribution in [1.82, 2.24) is 4.98 Å². The second-order valence-electron chi connectivity index (χ2n) is 6.94. The molecule has 0 amide bonds. The number of benzene rings is 2. The van der Waals surface area contributed by atoms with Crippen LogP contribution in [0.5, 0.6) is 5.88 Å². The zero-order valence-corrected chi connectivity index (χ0v) is 14.2. The summed E-state index contributed by atoms with van der Waals surface area (Å²) in [6.07, 6.45) is 2.03. The first kappa shape index (κ1) is 16.7. The lowest BCUT2D eigenvalue weighted by Crippen LogP contribution is -2.19. The minimum atomic E-state index is -0.866. The highest BCUT2D eigenvalue weighted by Crippen LogP contribution is 2.47. The Balaban J connectivity index is 1.89. The molecule has 0 spiro atoms. The molecular weight excluding hydrogens is 338 g/mol. The normalized spacial score (nSPS) is 15.4. The fourth-order valence-corrected chi connectivity index (χ4v) is 3.63. The van der Waals surface area contributed by atoms with E-state index in [9.17, 15) is 14.3 Å². The fourth-order valence-electron chi connectivity index (χ4n) is 3.63. The van der Waals surface area contributed by atoms with Crippen molar-refractivity contribution in [3.63, 3.8) is 0 Å². The summed E-state index contributed by atoms with van der Waals surface area (Å²) in [7, 11) is 0. The lowest BCUT2D eigenvalue weighted by Gasteiger charge is -2.14. The SMILES string of the molecule is CC(=O)c1c(O)[nH]c2cc(F)c(-c3ccc(C4(CN)CC4)cc3)c(F)c12. The van der Waals surface area contributed by atoms with Gasteiger partial charge in [-0.1, -0.05) is 24.3 Å². The maximum Gasteiger partial charge on any atom is 0.200 e. The van der Waals surface area contributed by atoms with Gasteiger partial charge in [0, 0.05) is 12.0 Å². The van der Waals surface area contributed by atoms with Crippen LogP contribution in [-0.2, 0) is 5.41 Å². The molecule has 6 heteroatoms. The van der Waals surface area contributed by atoms with E-state index in [0.717, 1.165) is 24.5 Å².